The van der Waals surface area contributed by atoms with Gasteiger partial charge in [0.15, 0.2) is 13.9 Å². The first-order valence-electron chi connectivity index (χ1n) is 17.3. The van der Waals surface area contributed by atoms with Gasteiger partial charge in [0.2, 0.25) is 11.8 Å². The zero-order chi connectivity index (χ0) is 34.7. The second-order valence-corrected chi connectivity index (χ2v) is 19.5. The number of halogens is 1. The van der Waals surface area contributed by atoms with Gasteiger partial charge in [-0.15, -0.1) is 0 Å². The van der Waals surface area contributed by atoms with Crippen molar-refractivity contribution < 1.29 is 29.0 Å². The van der Waals surface area contributed by atoms with Crippen LogP contribution < -0.4 is 9.80 Å². The van der Waals surface area contributed by atoms with Crippen molar-refractivity contribution in [2.24, 2.45) is 5.92 Å². The van der Waals surface area contributed by atoms with Gasteiger partial charge in [0.1, 0.15) is 0 Å². The van der Waals surface area contributed by atoms with Crippen molar-refractivity contribution >= 4 is 53.3 Å². The number of carbonyl (C=O) groups is 3. The SMILES string of the molecule is C[C@@H]1[C@@H]([Si](C)(C)O)[C@H](CC(=O)N2Cc3ccccc3C[C@H]2CO)O[C@@]12C(=O)N(Cc1cccc(N3CCCCC3=O)c1)c1ccc(Br)cc12. The molecular weight excluding hydrogens is 702 g/mol. The molecule has 9 nitrogen and oxygen atoms in total. The standard InChI is InChI=1S/C38H44BrN3O6Si/c1-24-36(49(2,3)47)33(20-35(45)41-22-27-11-5-4-10-26(27)18-30(41)23-43)48-38(24)31-19-28(39)14-15-32(31)42(37(38)46)21-25-9-8-12-29(17-25)40-16-7-6-13-34(40)44/h4-5,8-12,14-15,17,19,24,30,33,36,43,47H,6-7,13,16,18,20-23H2,1-3H3/t24-,30+,33+,36-,38+/m1/s1. The molecule has 4 aliphatic heterocycles. The number of hydrogen-bond acceptors (Lipinski definition) is 6. The lowest BCUT2D eigenvalue weighted by atomic mass is 9.82. The lowest BCUT2D eigenvalue weighted by Gasteiger charge is -2.37. The Morgan fingerprint density at radius 1 is 1.04 bits per heavy atom. The number of fused-ring (bicyclic) bond motifs is 3. The number of aliphatic hydroxyl groups excluding tert-OH is 1. The average Bonchev–Trinajstić information content (AvgIpc) is 3.50. The van der Waals surface area contributed by atoms with Crippen LogP contribution in [0.5, 0.6) is 0 Å². The molecule has 0 unspecified atom stereocenters. The minimum atomic E-state index is -3.00. The quantitative estimate of drug-likeness (QED) is 0.303. The molecule has 0 bridgehead atoms. The fraction of sp³-hybridized carbons (Fsp3) is 0.447. The van der Waals surface area contributed by atoms with E-state index in [1.807, 2.05) is 91.6 Å². The first-order chi connectivity index (χ1) is 23.4. The van der Waals surface area contributed by atoms with Gasteiger partial charge in [-0.2, -0.15) is 0 Å². The maximum absolute atomic E-state index is 14.9. The molecule has 4 aliphatic rings. The van der Waals surface area contributed by atoms with E-state index in [-0.39, 0.29) is 43.3 Å². The van der Waals surface area contributed by atoms with E-state index in [9.17, 15) is 24.3 Å². The smallest absolute Gasteiger partial charge is 0.264 e. The highest BCUT2D eigenvalue weighted by molar-refractivity contribution is 9.10. The van der Waals surface area contributed by atoms with E-state index in [1.165, 1.54) is 0 Å². The van der Waals surface area contributed by atoms with Crippen LogP contribution in [0.15, 0.2) is 71.2 Å². The molecule has 49 heavy (non-hydrogen) atoms. The highest BCUT2D eigenvalue weighted by atomic mass is 79.9. The van der Waals surface area contributed by atoms with E-state index >= 15 is 0 Å². The monoisotopic (exact) mass is 745 g/mol. The summed E-state index contributed by atoms with van der Waals surface area (Å²) in [4.78, 5) is 58.8. The summed E-state index contributed by atoms with van der Waals surface area (Å²) in [5, 5.41) is 10.3. The molecule has 5 atom stereocenters. The van der Waals surface area contributed by atoms with Gasteiger partial charge in [-0.05, 0) is 79.4 Å². The van der Waals surface area contributed by atoms with Crippen LogP contribution in [-0.4, -0.2) is 66.1 Å². The summed E-state index contributed by atoms with van der Waals surface area (Å²) in [7, 11) is -3.00. The first kappa shape index (κ1) is 34.1. The van der Waals surface area contributed by atoms with Crippen molar-refractivity contribution in [2.45, 2.75) is 88.5 Å². The molecule has 7 rings (SSSR count). The van der Waals surface area contributed by atoms with Crippen molar-refractivity contribution in [1.82, 2.24) is 4.90 Å². The summed E-state index contributed by atoms with van der Waals surface area (Å²) in [6.45, 7) is 6.88. The van der Waals surface area contributed by atoms with Gasteiger partial charge in [-0.3, -0.25) is 14.4 Å². The number of piperidine rings is 1. The molecule has 11 heteroatoms. The Balaban J connectivity index is 1.21. The van der Waals surface area contributed by atoms with Crippen LogP contribution >= 0.6 is 15.9 Å². The molecule has 2 fully saturated rings. The fourth-order valence-corrected chi connectivity index (χ4v) is 11.7. The van der Waals surface area contributed by atoms with Crippen molar-refractivity contribution in [2.75, 3.05) is 23.0 Å². The summed E-state index contributed by atoms with van der Waals surface area (Å²) in [6, 6.07) is 21.2. The number of hydrogen-bond donors (Lipinski definition) is 2. The summed E-state index contributed by atoms with van der Waals surface area (Å²) < 4.78 is 7.76. The van der Waals surface area contributed by atoms with Crippen LogP contribution in [0.2, 0.25) is 18.6 Å². The van der Waals surface area contributed by atoms with Gasteiger partial charge in [0.05, 0.1) is 37.4 Å². The lowest BCUT2D eigenvalue weighted by molar-refractivity contribution is -0.151. The van der Waals surface area contributed by atoms with Crippen LogP contribution in [0.1, 0.15) is 54.9 Å². The Labute approximate surface area is 297 Å². The Morgan fingerprint density at radius 3 is 2.55 bits per heavy atom. The molecular formula is C38H44BrN3O6Si. The maximum atomic E-state index is 14.9. The number of carbonyl (C=O) groups excluding carboxylic acids is 3. The van der Waals surface area contributed by atoms with E-state index in [0.29, 0.717) is 25.9 Å². The Kier molecular flexibility index (Phi) is 9.10. The van der Waals surface area contributed by atoms with Gasteiger partial charge in [-0.1, -0.05) is 59.3 Å². The molecule has 2 saturated heterocycles. The van der Waals surface area contributed by atoms with Crippen LogP contribution in [0.25, 0.3) is 0 Å². The van der Waals surface area contributed by atoms with E-state index in [1.54, 1.807) is 9.80 Å². The number of aliphatic hydroxyl groups is 1. The molecule has 4 heterocycles. The molecule has 0 aromatic heterocycles. The van der Waals surface area contributed by atoms with E-state index in [2.05, 4.69) is 15.9 Å². The third-order valence-electron chi connectivity index (χ3n) is 11.1. The molecule has 0 aliphatic carbocycles. The summed E-state index contributed by atoms with van der Waals surface area (Å²) in [5.74, 6) is -0.683. The first-order valence-corrected chi connectivity index (χ1v) is 21.1. The van der Waals surface area contributed by atoms with E-state index in [0.717, 1.165) is 50.9 Å². The predicted molar refractivity (Wildman–Crippen MR) is 193 cm³/mol. The molecule has 1 spiro atoms. The molecule has 3 aromatic rings. The van der Waals surface area contributed by atoms with E-state index < -0.39 is 31.5 Å². The minimum Gasteiger partial charge on any atom is -0.432 e. The predicted octanol–water partition coefficient (Wildman–Crippen LogP) is 5.65. The Morgan fingerprint density at radius 2 is 1.82 bits per heavy atom. The molecule has 0 saturated carbocycles. The van der Waals surface area contributed by atoms with Crippen molar-refractivity contribution in [3.05, 3.63) is 93.5 Å². The number of anilines is 2. The second kappa shape index (κ2) is 13.1. The topological polar surface area (TPSA) is 111 Å². The van der Waals surface area contributed by atoms with Gasteiger partial charge < -0.3 is 29.3 Å². The number of benzene rings is 3. The molecule has 2 N–H and O–H groups in total. The fourth-order valence-electron chi connectivity index (χ4n) is 8.82. The normalized spacial score (nSPS) is 26.8. The van der Waals surface area contributed by atoms with Crippen molar-refractivity contribution in [3.8, 4) is 0 Å². The van der Waals surface area contributed by atoms with Gasteiger partial charge in [0.25, 0.3) is 5.91 Å². The van der Waals surface area contributed by atoms with Crippen LogP contribution in [0.3, 0.4) is 0 Å². The molecule has 0 radical (unpaired) electrons. The third kappa shape index (κ3) is 5.97. The summed E-state index contributed by atoms with van der Waals surface area (Å²) in [6.07, 6.45) is 2.26. The minimum absolute atomic E-state index is 0.00502. The summed E-state index contributed by atoms with van der Waals surface area (Å²) >= 11 is 3.62. The van der Waals surface area contributed by atoms with Gasteiger partial charge >= 0.3 is 0 Å². The number of nitrogens with zero attached hydrogens (tertiary/aromatic N) is 3. The van der Waals surface area contributed by atoms with Crippen LogP contribution in [-0.2, 0) is 44.2 Å². The zero-order valence-corrected chi connectivity index (χ0v) is 30.9. The second-order valence-electron chi connectivity index (χ2n) is 14.6. The number of rotatable bonds is 7. The molecule has 3 amide bonds. The van der Waals surface area contributed by atoms with Gasteiger partial charge in [0, 0.05) is 46.7 Å². The zero-order valence-electron chi connectivity index (χ0n) is 28.3. The number of ether oxygens (including phenoxy) is 1. The van der Waals surface area contributed by atoms with Crippen LogP contribution in [0, 0.1) is 5.92 Å². The van der Waals surface area contributed by atoms with Crippen molar-refractivity contribution in [3.63, 3.8) is 0 Å². The average molecular weight is 747 g/mol. The Hall–Kier alpha value is -3.35. The largest absolute Gasteiger partial charge is 0.432 e. The third-order valence-corrected chi connectivity index (χ3v) is 14.1. The highest BCUT2D eigenvalue weighted by Gasteiger charge is 2.66. The highest BCUT2D eigenvalue weighted by Crippen LogP contribution is 2.60. The number of amides is 3. The lowest BCUT2D eigenvalue weighted by Crippen LogP contribution is -2.48. The van der Waals surface area contributed by atoms with Gasteiger partial charge in [-0.25, -0.2) is 0 Å². The molecule has 3 aromatic carbocycles. The van der Waals surface area contributed by atoms with Crippen molar-refractivity contribution in [1.29, 1.82) is 0 Å². The molecule has 258 valence electrons. The van der Waals surface area contributed by atoms with Crippen LogP contribution in [0.4, 0.5) is 11.4 Å². The Bertz CT molecular complexity index is 1800. The maximum Gasteiger partial charge on any atom is 0.264 e. The summed E-state index contributed by atoms with van der Waals surface area (Å²) in [5.41, 5.74) is 3.55. The van der Waals surface area contributed by atoms with E-state index in [4.69, 9.17) is 4.74 Å².